The number of methoxy groups -OCH3 is 1. The minimum absolute atomic E-state index is 0.252. The molecule has 0 bridgehead atoms. The van der Waals surface area contributed by atoms with Gasteiger partial charge >= 0.3 is 0 Å². The van der Waals surface area contributed by atoms with Crippen molar-refractivity contribution in [1.29, 1.82) is 0 Å². The molecule has 0 aliphatic rings. The number of carbonyl (C=O) groups is 1. The van der Waals surface area contributed by atoms with E-state index in [2.05, 4.69) is 30.6 Å². The van der Waals surface area contributed by atoms with Gasteiger partial charge in [-0.15, -0.1) is 10.2 Å². The van der Waals surface area contributed by atoms with Crippen LogP contribution < -0.4 is 10.5 Å². The first kappa shape index (κ1) is 16.0. The van der Waals surface area contributed by atoms with E-state index in [1.165, 1.54) is 7.11 Å². The Hall–Kier alpha value is -3.46. The van der Waals surface area contributed by atoms with E-state index in [9.17, 15) is 4.79 Å². The number of tetrazole rings is 1. The van der Waals surface area contributed by atoms with Gasteiger partial charge in [0.1, 0.15) is 11.3 Å². The summed E-state index contributed by atoms with van der Waals surface area (Å²) in [7, 11) is 1.46. The zero-order valence-corrected chi connectivity index (χ0v) is 14.2. The molecule has 0 atom stereocenters. The second-order valence-electron chi connectivity index (χ2n) is 5.42. The molecule has 0 aliphatic carbocycles. The first-order valence-electron chi connectivity index (χ1n) is 7.48. The SMILES string of the molecule is COc1c(C(N)=O)ccc2[nH]c(-c3cc(Cl)ccc3-c3nn[nH]n3)nc12. The summed E-state index contributed by atoms with van der Waals surface area (Å²) >= 11 is 6.16. The minimum Gasteiger partial charge on any atom is -0.494 e. The molecular weight excluding hydrogens is 358 g/mol. The van der Waals surface area contributed by atoms with E-state index in [4.69, 9.17) is 22.1 Å². The Bertz CT molecular complexity index is 1120. The van der Waals surface area contributed by atoms with Crippen molar-refractivity contribution in [3.8, 4) is 28.5 Å². The maximum atomic E-state index is 11.6. The standard InChI is InChI=1S/C16H12ClN7O2/c1-26-13-9(14(18)25)4-5-11-12(13)20-15(19-11)10-6-7(17)2-3-8(10)16-21-23-24-22-16/h2-6H,1H3,(H2,18,25)(H,19,20)(H,21,22,23,24). The maximum absolute atomic E-state index is 11.6. The maximum Gasteiger partial charge on any atom is 0.252 e. The Morgan fingerprint density at radius 2 is 2.08 bits per heavy atom. The van der Waals surface area contributed by atoms with Crippen LogP contribution in [0.15, 0.2) is 30.3 Å². The van der Waals surface area contributed by atoms with Gasteiger partial charge in [0.05, 0.1) is 18.2 Å². The van der Waals surface area contributed by atoms with Crippen molar-refractivity contribution in [2.45, 2.75) is 0 Å². The van der Waals surface area contributed by atoms with E-state index >= 15 is 0 Å². The number of fused-ring (bicyclic) bond motifs is 1. The molecule has 10 heteroatoms. The summed E-state index contributed by atoms with van der Waals surface area (Å²) in [4.78, 5) is 19.4. The number of nitrogens with one attached hydrogen (secondary N) is 2. The monoisotopic (exact) mass is 369 g/mol. The summed E-state index contributed by atoms with van der Waals surface area (Å²) in [5.74, 6) is 0.633. The van der Waals surface area contributed by atoms with Crippen LogP contribution in [-0.2, 0) is 0 Å². The largest absolute Gasteiger partial charge is 0.494 e. The quantitative estimate of drug-likeness (QED) is 0.504. The van der Waals surface area contributed by atoms with Gasteiger partial charge in [0, 0.05) is 16.1 Å². The lowest BCUT2D eigenvalue weighted by Gasteiger charge is -2.05. The Labute approximate surface area is 151 Å². The number of aromatic amines is 2. The van der Waals surface area contributed by atoms with Crippen LogP contribution in [0.5, 0.6) is 5.75 Å². The summed E-state index contributed by atoms with van der Waals surface area (Å²) in [6, 6.07) is 8.55. The highest BCUT2D eigenvalue weighted by Gasteiger charge is 2.19. The first-order chi connectivity index (χ1) is 12.6. The summed E-state index contributed by atoms with van der Waals surface area (Å²) in [5, 5.41) is 14.6. The molecule has 2 aromatic heterocycles. The Morgan fingerprint density at radius 1 is 1.23 bits per heavy atom. The molecule has 0 saturated carbocycles. The number of benzene rings is 2. The zero-order chi connectivity index (χ0) is 18.3. The normalized spacial score (nSPS) is 11.0. The Morgan fingerprint density at radius 3 is 2.77 bits per heavy atom. The molecule has 9 nitrogen and oxygen atoms in total. The molecule has 4 rings (SSSR count). The number of ether oxygens (including phenoxy) is 1. The number of halogens is 1. The molecule has 0 saturated heterocycles. The molecule has 26 heavy (non-hydrogen) atoms. The smallest absolute Gasteiger partial charge is 0.252 e. The lowest BCUT2D eigenvalue weighted by Crippen LogP contribution is -2.12. The molecule has 2 aromatic carbocycles. The van der Waals surface area contributed by atoms with E-state index < -0.39 is 5.91 Å². The topological polar surface area (TPSA) is 135 Å². The van der Waals surface area contributed by atoms with Gasteiger partial charge in [-0.3, -0.25) is 4.79 Å². The fourth-order valence-corrected chi connectivity index (χ4v) is 2.93. The number of imidazole rings is 1. The molecule has 4 N–H and O–H groups in total. The number of aromatic nitrogens is 6. The summed E-state index contributed by atoms with van der Waals surface area (Å²) in [5.41, 5.74) is 8.19. The molecule has 0 spiro atoms. The number of amides is 1. The van der Waals surface area contributed by atoms with Crippen molar-refractivity contribution in [2.24, 2.45) is 5.73 Å². The molecule has 2 heterocycles. The molecule has 1 amide bonds. The molecule has 0 aliphatic heterocycles. The van der Waals surface area contributed by atoms with E-state index in [1.807, 2.05) is 0 Å². The van der Waals surface area contributed by atoms with E-state index in [1.54, 1.807) is 30.3 Å². The van der Waals surface area contributed by atoms with Gasteiger partial charge in [-0.05, 0) is 35.5 Å². The van der Waals surface area contributed by atoms with Crippen molar-refractivity contribution in [3.05, 3.63) is 40.9 Å². The van der Waals surface area contributed by atoms with Gasteiger partial charge in [-0.1, -0.05) is 11.6 Å². The number of nitrogens with two attached hydrogens (primary N) is 1. The van der Waals surface area contributed by atoms with Gasteiger partial charge in [0.2, 0.25) is 5.82 Å². The number of primary amides is 1. The third kappa shape index (κ3) is 2.54. The summed E-state index contributed by atoms with van der Waals surface area (Å²) in [6.07, 6.45) is 0. The zero-order valence-electron chi connectivity index (χ0n) is 13.4. The van der Waals surface area contributed by atoms with Gasteiger partial charge in [0.25, 0.3) is 5.91 Å². The summed E-state index contributed by atoms with van der Waals surface area (Å²) in [6.45, 7) is 0. The molecule has 0 unspecified atom stereocenters. The van der Waals surface area contributed by atoms with Gasteiger partial charge < -0.3 is 15.5 Å². The van der Waals surface area contributed by atoms with Crippen LogP contribution >= 0.6 is 11.6 Å². The fraction of sp³-hybridized carbons (Fsp3) is 0.0625. The van der Waals surface area contributed by atoms with Crippen molar-refractivity contribution in [1.82, 2.24) is 30.6 Å². The van der Waals surface area contributed by atoms with E-state index in [0.29, 0.717) is 44.6 Å². The third-order valence-corrected chi connectivity index (χ3v) is 4.14. The van der Waals surface area contributed by atoms with Crippen LogP contribution in [0.3, 0.4) is 0 Å². The van der Waals surface area contributed by atoms with Gasteiger partial charge in [0.15, 0.2) is 5.75 Å². The van der Waals surface area contributed by atoms with Gasteiger partial charge in [-0.25, -0.2) is 4.98 Å². The number of H-pyrrole nitrogens is 2. The molecule has 130 valence electrons. The number of nitrogens with zero attached hydrogens (tertiary/aromatic N) is 4. The van der Waals surface area contributed by atoms with E-state index in [-0.39, 0.29) is 5.56 Å². The van der Waals surface area contributed by atoms with Crippen molar-refractivity contribution in [2.75, 3.05) is 7.11 Å². The highest BCUT2D eigenvalue weighted by Crippen LogP contribution is 2.35. The first-order valence-corrected chi connectivity index (χ1v) is 7.86. The predicted molar refractivity (Wildman–Crippen MR) is 94.8 cm³/mol. The Kier molecular flexibility index (Phi) is 3.77. The van der Waals surface area contributed by atoms with Crippen LogP contribution in [0.4, 0.5) is 0 Å². The van der Waals surface area contributed by atoms with E-state index in [0.717, 1.165) is 0 Å². The lowest BCUT2D eigenvalue weighted by molar-refractivity contribution is 0.0997. The van der Waals surface area contributed by atoms with Crippen molar-refractivity contribution < 1.29 is 9.53 Å². The minimum atomic E-state index is -0.594. The third-order valence-electron chi connectivity index (χ3n) is 3.90. The second-order valence-corrected chi connectivity index (χ2v) is 5.85. The predicted octanol–water partition coefficient (Wildman–Crippen LogP) is 2.17. The number of hydrogen-bond donors (Lipinski definition) is 3. The molecular formula is C16H12ClN7O2. The number of carbonyl (C=O) groups excluding carboxylic acids is 1. The highest BCUT2D eigenvalue weighted by atomic mass is 35.5. The van der Waals surface area contributed by atoms with Crippen LogP contribution in [0.25, 0.3) is 33.8 Å². The van der Waals surface area contributed by atoms with Crippen molar-refractivity contribution >= 4 is 28.5 Å². The lowest BCUT2D eigenvalue weighted by atomic mass is 10.1. The average Bonchev–Trinajstić information content (AvgIpc) is 3.29. The fourth-order valence-electron chi connectivity index (χ4n) is 2.76. The number of rotatable bonds is 4. The Balaban J connectivity index is 1.96. The average molecular weight is 370 g/mol. The molecule has 4 aromatic rings. The van der Waals surface area contributed by atoms with Crippen LogP contribution in [0.2, 0.25) is 5.02 Å². The van der Waals surface area contributed by atoms with Crippen LogP contribution in [0.1, 0.15) is 10.4 Å². The summed E-state index contributed by atoms with van der Waals surface area (Å²) < 4.78 is 5.35. The van der Waals surface area contributed by atoms with Gasteiger partial charge in [-0.2, -0.15) is 5.21 Å². The van der Waals surface area contributed by atoms with Crippen molar-refractivity contribution in [3.63, 3.8) is 0 Å². The number of hydrogen-bond acceptors (Lipinski definition) is 6. The molecule has 0 fully saturated rings. The van der Waals surface area contributed by atoms with Crippen LogP contribution in [-0.4, -0.2) is 43.6 Å². The second kappa shape index (κ2) is 6.12. The van der Waals surface area contributed by atoms with Crippen LogP contribution in [0, 0.1) is 0 Å². The highest BCUT2D eigenvalue weighted by molar-refractivity contribution is 6.31. The molecule has 0 radical (unpaired) electrons.